The van der Waals surface area contributed by atoms with Gasteiger partial charge < -0.3 is 4.42 Å². The molecule has 0 amide bonds. The summed E-state index contributed by atoms with van der Waals surface area (Å²) in [6.07, 6.45) is 4.44. The molecule has 142 valence electrons. The highest BCUT2D eigenvalue weighted by atomic mass is 32.2. The molecule has 0 fully saturated rings. The number of hydrogen-bond donors (Lipinski definition) is 0. The van der Waals surface area contributed by atoms with Crippen LogP contribution in [-0.4, -0.2) is 19.4 Å². The fourth-order valence-electron chi connectivity index (χ4n) is 4.31. The second-order valence-electron chi connectivity index (χ2n) is 7.61. The molecule has 2 aliphatic heterocycles. The molecule has 0 saturated heterocycles. The molecule has 7 heteroatoms. The minimum atomic E-state index is -0.403. The molecule has 5 rings (SSSR count). The van der Waals surface area contributed by atoms with Crippen LogP contribution in [0.15, 0.2) is 50.6 Å². The third-order valence-corrected chi connectivity index (χ3v) is 8.90. The van der Waals surface area contributed by atoms with Crippen molar-refractivity contribution in [3.63, 3.8) is 0 Å². The van der Waals surface area contributed by atoms with E-state index in [-0.39, 0.29) is 15.2 Å². The van der Waals surface area contributed by atoms with E-state index in [2.05, 4.69) is 39.8 Å². The molecule has 3 heterocycles. The van der Waals surface area contributed by atoms with Gasteiger partial charge in [0.15, 0.2) is 5.42 Å². The van der Waals surface area contributed by atoms with Crippen molar-refractivity contribution >= 4 is 40.4 Å². The predicted molar refractivity (Wildman–Crippen MR) is 114 cm³/mol. The Morgan fingerprint density at radius 1 is 1.00 bits per heavy atom. The van der Waals surface area contributed by atoms with E-state index in [1.54, 1.807) is 12.1 Å². The Kier molecular flexibility index (Phi) is 3.59. The molecule has 1 aromatic heterocycles. The van der Waals surface area contributed by atoms with Gasteiger partial charge in [0.25, 0.3) is 5.69 Å². The van der Waals surface area contributed by atoms with Gasteiger partial charge in [0.1, 0.15) is 5.35 Å². The van der Waals surface area contributed by atoms with E-state index in [0.29, 0.717) is 5.89 Å². The van der Waals surface area contributed by atoms with Gasteiger partial charge in [-0.25, -0.2) is 4.98 Å². The number of nitro groups is 1. The van der Waals surface area contributed by atoms with E-state index in [9.17, 15) is 10.1 Å². The number of hydrogen-bond acceptors (Lipinski definition) is 6. The third-order valence-electron chi connectivity index (χ3n) is 5.82. The number of rotatable bonds is 2. The molecule has 5 nitrogen and oxygen atoms in total. The van der Waals surface area contributed by atoms with E-state index in [0.717, 1.165) is 16.3 Å². The number of nitro benzene ring substituents is 1. The van der Waals surface area contributed by atoms with Crippen LogP contribution in [0.5, 0.6) is 0 Å². The van der Waals surface area contributed by atoms with Crippen molar-refractivity contribution in [2.75, 3.05) is 0 Å². The number of non-ortho nitro benzene ring substituents is 1. The molecule has 2 atom stereocenters. The lowest BCUT2D eigenvalue weighted by Crippen LogP contribution is -2.53. The second kappa shape index (κ2) is 5.64. The molecule has 3 aliphatic rings. The summed E-state index contributed by atoms with van der Waals surface area (Å²) in [5.74, 6) is 0.498. The fraction of sp³-hybridized carbons (Fsp3) is 0.286. The van der Waals surface area contributed by atoms with Crippen LogP contribution >= 0.6 is 23.5 Å². The summed E-state index contributed by atoms with van der Waals surface area (Å²) in [5.41, 5.74) is 3.98. The zero-order valence-electron chi connectivity index (χ0n) is 15.9. The van der Waals surface area contributed by atoms with Gasteiger partial charge in [-0.15, -0.1) is 23.5 Å². The van der Waals surface area contributed by atoms with Gasteiger partial charge in [0.05, 0.1) is 14.4 Å². The third kappa shape index (κ3) is 2.20. The first-order valence-corrected chi connectivity index (χ1v) is 10.6. The number of benzene rings is 1. The minimum absolute atomic E-state index is 0.0560. The van der Waals surface area contributed by atoms with E-state index in [4.69, 9.17) is 9.40 Å². The Hall–Kier alpha value is -2.25. The van der Waals surface area contributed by atoms with Gasteiger partial charge in [-0.05, 0) is 61.8 Å². The van der Waals surface area contributed by atoms with Crippen LogP contribution in [0, 0.1) is 10.1 Å². The first-order valence-electron chi connectivity index (χ1n) is 8.99. The van der Waals surface area contributed by atoms with Gasteiger partial charge in [-0.1, -0.05) is 0 Å². The van der Waals surface area contributed by atoms with Gasteiger partial charge >= 0.3 is 0 Å². The number of allylic oxidation sites excluding steroid dienone is 4. The molecule has 0 radical (unpaired) electrons. The molecule has 28 heavy (non-hydrogen) atoms. The van der Waals surface area contributed by atoms with Crippen molar-refractivity contribution < 1.29 is 9.34 Å². The lowest BCUT2D eigenvalue weighted by Gasteiger charge is -2.43. The molecule has 0 spiro atoms. The Bertz CT molecular complexity index is 1170. The van der Waals surface area contributed by atoms with E-state index >= 15 is 0 Å². The average molecular weight is 411 g/mol. The van der Waals surface area contributed by atoms with Crippen LogP contribution in [0.1, 0.15) is 27.7 Å². The van der Waals surface area contributed by atoms with Crippen LogP contribution in [0.3, 0.4) is 0 Å². The average Bonchev–Trinajstić information content (AvgIpc) is 3.29. The Labute approximate surface area is 170 Å². The largest absolute Gasteiger partial charge is 0.436 e. The molecule has 0 bridgehead atoms. The summed E-state index contributed by atoms with van der Waals surface area (Å²) >= 11 is 3.78. The van der Waals surface area contributed by atoms with Crippen molar-refractivity contribution in [2.45, 2.75) is 37.2 Å². The van der Waals surface area contributed by atoms with Crippen molar-refractivity contribution in [2.24, 2.45) is 0 Å². The second-order valence-corrected chi connectivity index (χ2v) is 10.9. The molecule has 1 aliphatic carbocycles. The standard InChI is InChI=1S/C21H18N2O3S2/c1-11-9-15-17-18(16-10-12(2)28-21(16,4)20(15,3)27-11)26-19(22-17)13-5-7-14(8-6-13)23(24)25/h5-10H,1-4H3/t20-,21-/m1/s1. The number of nitrogens with zero attached hydrogens (tertiary/aromatic N) is 2. The van der Waals surface area contributed by atoms with Gasteiger partial charge in [-0.2, -0.15) is 0 Å². The Morgan fingerprint density at radius 2 is 1.57 bits per heavy atom. The van der Waals surface area contributed by atoms with Crippen LogP contribution < -0.4 is 10.8 Å². The van der Waals surface area contributed by atoms with E-state index < -0.39 is 4.92 Å². The maximum Gasteiger partial charge on any atom is 0.269 e. The number of thioether (sulfide) groups is 2. The SMILES string of the molecule is CC1=CC2=c3nc(-c4ccc([N+](=O)[O-])cc4)oc3=C3C=C(C)S[C@@]3(C)[C@]2(C)S1. The van der Waals surface area contributed by atoms with Crippen molar-refractivity contribution in [3.8, 4) is 11.5 Å². The lowest BCUT2D eigenvalue weighted by molar-refractivity contribution is -0.384. The predicted octanol–water partition coefficient (Wildman–Crippen LogP) is 4.38. The molecular formula is C21H18N2O3S2. The number of oxazole rings is 1. The molecular weight excluding hydrogens is 392 g/mol. The smallest absolute Gasteiger partial charge is 0.269 e. The summed E-state index contributed by atoms with van der Waals surface area (Å²) < 4.78 is 6.02. The topological polar surface area (TPSA) is 69.2 Å². The van der Waals surface area contributed by atoms with Gasteiger partial charge in [-0.3, -0.25) is 10.1 Å². The highest BCUT2D eigenvalue weighted by molar-refractivity contribution is 8.09. The lowest BCUT2D eigenvalue weighted by atomic mass is 9.78. The monoisotopic (exact) mass is 410 g/mol. The van der Waals surface area contributed by atoms with Crippen LogP contribution in [0.2, 0.25) is 0 Å². The van der Waals surface area contributed by atoms with Crippen molar-refractivity contribution in [1.82, 2.24) is 4.98 Å². The Morgan fingerprint density at radius 3 is 2.18 bits per heavy atom. The van der Waals surface area contributed by atoms with E-state index in [1.165, 1.54) is 33.1 Å². The van der Waals surface area contributed by atoms with Crippen molar-refractivity contribution in [3.05, 3.63) is 67.1 Å². The molecule has 0 unspecified atom stereocenters. The normalized spacial score (nSPS) is 27.9. The summed E-state index contributed by atoms with van der Waals surface area (Å²) in [5, 5.41) is 11.8. The summed E-state index contributed by atoms with van der Waals surface area (Å²) in [6.45, 7) is 8.86. The summed E-state index contributed by atoms with van der Waals surface area (Å²) in [6, 6.07) is 6.35. The molecule has 2 aromatic rings. The highest BCUT2D eigenvalue weighted by Gasteiger charge is 2.57. The molecule has 1 aromatic carbocycles. The Balaban J connectivity index is 1.81. The minimum Gasteiger partial charge on any atom is -0.436 e. The summed E-state index contributed by atoms with van der Waals surface area (Å²) in [4.78, 5) is 17.9. The zero-order chi connectivity index (χ0) is 19.8. The van der Waals surface area contributed by atoms with Crippen LogP contribution in [0.4, 0.5) is 5.69 Å². The zero-order valence-corrected chi connectivity index (χ0v) is 17.5. The van der Waals surface area contributed by atoms with Gasteiger partial charge in [0, 0.05) is 28.8 Å². The molecule has 0 N–H and O–H groups in total. The van der Waals surface area contributed by atoms with Gasteiger partial charge in [0.2, 0.25) is 5.89 Å². The molecule has 0 saturated carbocycles. The van der Waals surface area contributed by atoms with E-state index in [1.807, 2.05) is 23.5 Å². The summed E-state index contributed by atoms with van der Waals surface area (Å²) in [7, 11) is 0. The fourth-order valence-corrected chi connectivity index (χ4v) is 7.34. The van der Waals surface area contributed by atoms with Crippen LogP contribution in [-0.2, 0) is 0 Å². The first kappa shape index (κ1) is 17.8. The van der Waals surface area contributed by atoms with Crippen LogP contribution in [0.25, 0.3) is 22.6 Å². The maximum atomic E-state index is 10.9. The maximum absolute atomic E-state index is 10.9. The first-order chi connectivity index (χ1) is 13.2. The van der Waals surface area contributed by atoms with Crippen molar-refractivity contribution in [1.29, 1.82) is 0 Å². The highest BCUT2D eigenvalue weighted by Crippen LogP contribution is 2.63. The number of aromatic nitrogens is 1. The number of fused-ring (bicyclic) bond motifs is 4. The quantitative estimate of drug-likeness (QED) is 0.540.